The Morgan fingerprint density at radius 1 is 0.933 bits per heavy atom. The first kappa shape index (κ1) is 20.5. The van der Waals surface area contributed by atoms with E-state index in [-0.39, 0.29) is 22.7 Å². The van der Waals surface area contributed by atoms with Gasteiger partial charge in [-0.15, -0.1) is 0 Å². The predicted octanol–water partition coefficient (Wildman–Crippen LogP) is 4.67. The molecule has 5 nitrogen and oxygen atoms in total. The molecule has 0 spiro atoms. The molecule has 1 atom stereocenters. The van der Waals surface area contributed by atoms with Gasteiger partial charge in [-0.25, -0.2) is 0 Å². The number of alkyl halides is 3. The van der Waals surface area contributed by atoms with Crippen LogP contribution in [0.1, 0.15) is 29.5 Å². The lowest BCUT2D eigenvalue weighted by molar-refractivity contribution is -0.137. The van der Waals surface area contributed by atoms with Crippen LogP contribution in [-0.2, 0) is 6.18 Å². The fourth-order valence-electron chi connectivity index (χ4n) is 3.43. The smallest absolute Gasteiger partial charge is 0.384 e. The topological polar surface area (TPSA) is 101 Å². The van der Waals surface area contributed by atoms with Gasteiger partial charge in [0.15, 0.2) is 0 Å². The maximum atomic E-state index is 13.2. The van der Waals surface area contributed by atoms with Crippen molar-refractivity contribution in [2.75, 3.05) is 4.90 Å². The third-order valence-corrected chi connectivity index (χ3v) is 4.87. The van der Waals surface area contributed by atoms with E-state index in [1.165, 1.54) is 17.0 Å². The maximum absolute atomic E-state index is 13.2. The highest BCUT2D eigenvalue weighted by atomic mass is 19.4. The highest BCUT2D eigenvalue weighted by Gasteiger charge is 2.36. The molecule has 30 heavy (non-hydrogen) atoms. The molecule has 1 unspecified atom stereocenters. The van der Waals surface area contributed by atoms with Crippen molar-refractivity contribution in [3.05, 3.63) is 87.9 Å². The number of anilines is 1. The highest BCUT2D eigenvalue weighted by Crippen LogP contribution is 2.42. The zero-order valence-corrected chi connectivity index (χ0v) is 15.7. The zero-order valence-electron chi connectivity index (χ0n) is 15.7. The van der Waals surface area contributed by atoms with Crippen LogP contribution in [0.3, 0.4) is 0 Å². The average molecular weight is 405 g/mol. The quantitative estimate of drug-likeness (QED) is 0.782. The summed E-state index contributed by atoms with van der Waals surface area (Å²) in [6, 6.07) is 16.9. The number of hydrogen-bond donors (Lipinski definition) is 1. The number of rotatable bonds is 2. The molecule has 0 bridgehead atoms. The van der Waals surface area contributed by atoms with Gasteiger partial charge < -0.3 is 5.73 Å². The van der Waals surface area contributed by atoms with E-state index in [0.717, 1.165) is 12.1 Å². The van der Waals surface area contributed by atoms with E-state index >= 15 is 0 Å². The Kier molecular flexibility index (Phi) is 5.24. The van der Waals surface area contributed by atoms with Crippen LogP contribution < -0.4 is 10.6 Å². The van der Waals surface area contributed by atoms with Gasteiger partial charge in [0.1, 0.15) is 5.82 Å². The lowest BCUT2D eigenvalue weighted by atomic mass is 9.81. The molecule has 0 amide bonds. The Bertz CT molecular complexity index is 1150. The Morgan fingerprint density at radius 3 is 2.10 bits per heavy atom. The van der Waals surface area contributed by atoms with Gasteiger partial charge in [0.2, 0.25) is 0 Å². The molecular weight excluding hydrogens is 391 g/mol. The minimum absolute atomic E-state index is 0.0410. The molecule has 1 heterocycles. The number of allylic oxidation sites excluding steroid dienone is 3. The highest BCUT2D eigenvalue weighted by molar-refractivity contribution is 5.68. The SMILES string of the molecule is CC1=C(C#N)C(c2ccc(C#N)cc2)C(C#N)=C(N)N1c1cccc(C(F)(F)F)c1. The second kappa shape index (κ2) is 7.66. The second-order valence-electron chi connectivity index (χ2n) is 6.57. The fourth-order valence-corrected chi connectivity index (χ4v) is 3.43. The Labute approximate surface area is 171 Å². The Balaban J connectivity index is 2.20. The van der Waals surface area contributed by atoms with Crippen molar-refractivity contribution in [1.29, 1.82) is 15.8 Å². The van der Waals surface area contributed by atoms with Gasteiger partial charge in [-0.2, -0.15) is 29.0 Å². The van der Waals surface area contributed by atoms with Crippen LogP contribution in [0.2, 0.25) is 0 Å². The van der Waals surface area contributed by atoms with Crippen LogP contribution in [0.4, 0.5) is 18.9 Å². The summed E-state index contributed by atoms with van der Waals surface area (Å²) in [5, 5.41) is 28.5. The summed E-state index contributed by atoms with van der Waals surface area (Å²) in [7, 11) is 0. The number of nitriles is 3. The molecule has 1 aliphatic rings. The number of benzene rings is 2. The number of hydrogen-bond acceptors (Lipinski definition) is 5. The zero-order chi connectivity index (χ0) is 22.1. The molecular formula is C22H14F3N5. The summed E-state index contributed by atoms with van der Waals surface area (Å²) in [6.45, 7) is 1.57. The van der Waals surface area contributed by atoms with Crippen molar-refractivity contribution in [3.63, 3.8) is 0 Å². The molecule has 3 rings (SSSR count). The third-order valence-electron chi connectivity index (χ3n) is 4.87. The summed E-state index contributed by atoms with van der Waals surface area (Å²) < 4.78 is 39.5. The molecule has 0 fully saturated rings. The van der Waals surface area contributed by atoms with Crippen LogP contribution in [-0.4, -0.2) is 0 Å². The molecule has 2 N–H and O–H groups in total. The standard InChI is InChI=1S/C22H14F3N5/c1-13-18(11-27)20(15-7-5-14(10-26)6-8-15)19(12-28)21(29)30(13)17-4-2-3-16(9-17)22(23,24)25/h2-9,20H,29H2,1H3. The minimum atomic E-state index is -4.55. The van der Waals surface area contributed by atoms with E-state index in [0.29, 0.717) is 16.8 Å². The second-order valence-corrected chi connectivity index (χ2v) is 6.57. The molecule has 148 valence electrons. The van der Waals surface area contributed by atoms with Crippen molar-refractivity contribution in [3.8, 4) is 18.2 Å². The van der Waals surface area contributed by atoms with Crippen molar-refractivity contribution >= 4 is 5.69 Å². The van der Waals surface area contributed by atoms with Gasteiger partial charge in [0, 0.05) is 11.4 Å². The normalized spacial score (nSPS) is 16.7. The van der Waals surface area contributed by atoms with Crippen molar-refractivity contribution in [2.24, 2.45) is 5.73 Å². The molecule has 8 heteroatoms. The van der Waals surface area contributed by atoms with Gasteiger partial charge in [-0.05, 0) is 42.8 Å². The first-order valence-electron chi connectivity index (χ1n) is 8.71. The molecule has 0 aromatic heterocycles. The molecule has 0 saturated heterocycles. The van der Waals surface area contributed by atoms with Crippen LogP contribution in [0, 0.1) is 34.0 Å². The number of nitrogens with two attached hydrogens (primary N) is 1. The molecule has 1 aliphatic heterocycles. The Hall–Kier alpha value is -4.22. The lowest BCUT2D eigenvalue weighted by Gasteiger charge is -2.35. The van der Waals surface area contributed by atoms with E-state index < -0.39 is 17.7 Å². The first-order chi connectivity index (χ1) is 14.2. The molecule has 0 radical (unpaired) electrons. The van der Waals surface area contributed by atoms with E-state index in [1.54, 1.807) is 31.2 Å². The largest absolute Gasteiger partial charge is 0.416 e. The summed E-state index contributed by atoms with van der Waals surface area (Å²) in [5.41, 5.74) is 6.98. The average Bonchev–Trinajstić information content (AvgIpc) is 2.73. The predicted molar refractivity (Wildman–Crippen MR) is 103 cm³/mol. The van der Waals surface area contributed by atoms with Crippen LogP contribution in [0.15, 0.2) is 71.2 Å². The van der Waals surface area contributed by atoms with Crippen molar-refractivity contribution in [2.45, 2.75) is 19.0 Å². The Morgan fingerprint density at radius 2 is 1.57 bits per heavy atom. The molecule has 0 saturated carbocycles. The summed E-state index contributed by atoms with van der Waals surface area (Å²) in [5.74, 6) is -0.836. The minimum Gasteiger partial charge on any atom is -0.384 e. The van der Waals surface area contributed by atoms with E-state index in [2.05, 4.69) is 6.07 Å². The number of nitrogens with zero attached hydrogens (tertiary/aromatic N) is 4. The maximum Gasteiger partial charge on any atom is 0.416 e. The first-order valence-corrected chi connectivity index (χ1v) is 8.71. The molecule has 2 aromatic rings. The van der Waals surface area contributed by atoms with Gasteiger partial charge in [0.05, 0.1) is 46.4 Å². The van der Waals surface area contributed by atoms with Crippen LogP contribution >= 0.6 is 0 Å². The van der Waals surface area contributed by atoms with Crippen molar-refractivity contribution < 1.29 is 13.2 Å². The van der Waals surface area contributed by atoms with E-state index in [4.69, 9.17) is 11.0 Å². The third kappa shape index (κ3) is 3.45. The van der Waals surface area contributed by atoms with Crippen LogP contribution in [0.25, 0.3) is 0 Å². The van der Waals surface area contributed by atoms with Crippen LogP contribution in [0.5, 0.6) is 0 Å². The summed E-state index contributed by atoms with van der Waals surface area (Å²) in [6.07, 6.45) is -4.55. The van der Waals surface area contributed by atoms with Gasteiger partial charge in [-0.1, -0.05) is 18.2 Å². The fraction of sp³-hybridized carbons (Fsp3) is 0.136. The van der Waals surface area contributed by atoms with Gasteiger partial charge in [-0.3, -0.25) is 4.90 Å². The van der Waals surface area contributed by atoms with E-state index in [9.17, 15) is 23.7 Å². The monoisotopic (exact) mass is 405 g/mol. The lowest BCUT2D eigenvalue weighted by Crippen LogP contribution is -2.34. The van der Waals surface area contributed by atoms with E-state index in [1.807, 2.05) is 12.1 Å². The molecule has 0 aliphatic carbocycles. The summed E-state index contributed by atoms with van der Waals surface area (Å²) in [4.78, 5) is 1.28. The van der Waals surface area contributed by atoms with Gasteiger partial charge >= 0.3 is 6.18 Å². The molecule has 2 aromatic carbocycles. The summed E-state index contributed by atoms with van der Waals surface area (Å²) >= 11 is 0. The number of halogens is 3. The van der Waals surface area contributed by atoms with Crippen molar-refractivity contribution in [1.82, 2.24) is 0 Å². The van der Waals surface area contributed by atoms with Gasteiger partial charge in [0.25, 0.3) is 0 Å².